The van der Waals surface area contributed by atoms with Crippen LogP contribution in [0.2, 0.25) is 0 Å². The Labute approximate surface area is 152 Å². The Morgan fingerprint density at radius 2 is 1.88 bits per heavy atom. The summed E-state index contributed by atoms with van der Waals surface area (Å²) in [6.07, 6.45) is 2.50. The molecule has 1 N–H and O–H groups in total. The number of aryl methyl sites for hydroxylation is 2. The molecule has 1 amide bonds. The number of nitrogens with one attached hydrogen (secondary N) is 1. The summed E-state index contributed by atoms with van der Waals surface area (Å²) >= 11 is 1.63. The van der Waals surface area contributed by atoms with Crippen LogP contribution in [0.5, 0.6) is 0 Å². The van der Waals surface area contributed by atoms with Crippen LogP contribution < -0.4 is 9.88 Å². The van der Waals surface area contributed by atoms with Crippen LogP contribution in [0.1, 0.15) is 33.0 Å². The molecule has 132 valence electrons. The first-order chi connectivity index (χ1) is 12.0. The predicted octanol–water partition coefficient (Wildman–Crippen LogP) is 2.49. The van der Waals surface area contributed by atoms with Crippen molar-refractivity contribution in [1.82, 2.24) is 4.90 Å². The summed E-state index contributed by atoms with van der Waals surface area (Å²) < 4.78 is 0. The Balaban J connectivity index is 1.48. The van der Waals surface area contributed by atoms with Crippen LogP contribution in [0.15, 0.2) is 30.5 Å². The van der Waals surface area contributed by atoms with Crippen molar-refractivity contribution in [3.63, 3.8) is 0 Å². The van der Waals surface area contributed by atoms with Crippen molar-refractivity contribution in [2.45, 2.75) is 26.7 Å². The summed E-state index contributed by atoms with van der Waals surface area (Å²) in [5, 5.41) is 0. The smallest absolute Gasteiger partial charge is 0.274 e. The van der Waals surface area contributed by atoms with Gasteiger partial charge in [-0.25, -0.2) is 4.98 Å². The molecule has 0 bridgehead atoms. The van der Waals surface area contributed by atoms with E-state index in [1.807, 2.05) is 49.2 Å². The number of nitrogens with zero attached hydrogens (tertiary/aromatic N) is 2. The molecule has 0 aliphatic carbocycles. The number of carbonyl (C=O) groups excluding carboxylic acids is 2. The predicted molar refractivity (Wildman–Crippen MR) is 99.1 cm³/mol. The number of ketones is 1. The molecule has 25 heavy (non-hydrogen) atoms. The van der Waals surface area contributed by atoms with Crippen molar-refractivity contribution in [2.75, 3.05) is 31.1 Å². The summed E-state index contributed by atoms with van der Waals surface area (Å²) in [5.74, 6) is 1.23. The summed E-state index contributed by atoms with van der Waals surface area (Å²) in [6, 6.07) is 7.93. The molecule has 2 aromatic rings. The van der Waals surface area contributed by atoms with E-state index in [4.69, 9.17) is 0 Å². The molecule has 0 atom stereocenters. The SMILES string of the molecule is Cc1cc(C(=O)CCC(=O)N2CCN(c3cccc[nH+]3)CC2)c(C)s1. The molecule has 0 aromatic carbocycles. The molecule has 2 aromatic heterocycles. The van der Waals surface area contributed by atoms with Crippen LogP contribution >= 0.6 is 11.3 Å². The Hall–Kier alpha value is -2.21. The summed E-state index contributed by atoms with van der Waals surface area (Å²) in [5.41, 5.74) is 0.778. The number of thiophene rings is 1. The molecular formula is C19H24N3O2S+. The number of amides is 1. The van der Waals surface area contributed by atoms with Crippen LogP contribution in [0, 0.1) is 13.8 Å². The second-order valence-corrected chi connectivity index (χ2v) is 7.83. The summed E-state index contributed by atoms with van der Waals surface area (Å²) in [7, 11) is 0. The van der Waals surface area contributed by atoms with Gasteiger partial charge in [0.05, 0.1) is 19.3 Å². The number of hydrogen-bond acceptors (Lipinski definition) is 4. The highest BCUT2D eigenvalue weighted by Crippen LogP contribution is 2.22. The van der Waals surface area contributed by atoms with Crippen LogP contribution in [0.3, 0.4) is 0 Å². The zero-order chi connectivity index (χ0) is 17.8. The number of hydrogen-bond donors (Lipinski definition) is 0. The number of aromatic amines is 1. The van der Waals surface area contributed by atoms with Crippen molar-refractivity contribution in [1.29, 1.82) is 0 Å². The first-order valence-electron chi connectivity index (χ1n) is 8.64. The molecule has 1 aliphatic heterocycles. The standard InChI is InChI=1S/C19H23N3O2S/c1-14-13-16(15(2)25-14)17(23)6-7-19(24)22-11-9-21(10-12-22)18-5-3-4-8-20-18/h3-5,8,13H,6-7,9-12H2,1-2H3/p+1. The van der Waals surface area contributed by atoms with Crippen molar-refractivity contribution in [2.24, 2.45) is 0 Å². The van der Waals surface area contributed by atoms with E-state index in [1.165, 1.54) is 0 Å². The number of carbonyl (C=O) groups is 2. The van der Waals surface area contributed by atoms with E-state index in [9.17, 15) is 9.59 Å². The van der Waals surface area contributed by atoms with Gasteiger partial charge in [-0.1, -0.05) is 6.07 Å². The van der Waals surface area contributed by atoms with E-state index in [2.05, 4.69) is 9.88 Å². The van der Waals surface area contributed by atoms with Gasteiger partial charge in [0.15, 0.2) is 5.78 Å². The minimum Gasteiger partial charge on any atom is -0.335 e. The molecule has 1 saturated heterocycles. The molecule has 0 radical (unpaired) electrons. The van der Waals surface area contributed by atoms with Gasteiger partial charge in [-0.15, -0.1) is 11.3 Å². The van der Waals surface area contributed by atoms with Gasteiger partial charge in [-0.3, -0.25) is 14.5 Å². The van der Waals surface area contributed by atoms with Crippen molar-refractivity contribution >= 4 is 28.8 Å². The second kappa shape index (κ2) is 7.78. The van der Waals surface area contributed by atoms with Crippen LogP contribution in [-0.2, 0) is 4.79 Å². The third-order valence-corrected chi connectivity index (χ3v) is 5.54. The Bertz CT molecular complexity index is 749. The minimum atomic E-state index is 0.0766. The minimum absolute atomic E-state index is 0.0766. The van der Waals surface area contributed by atoms with Gasteiger partial charge >= 0.3 is 0 Å². The maximum Gasteiger partial charge on any atom is 0.274 e. The maximum atomic E-state index is 12.4. The zero-order valence-corrected chi connectivity index (χ0v) is 15.6. The fourth-order valence-electron chi connectivity index (χ4n) is 3.20. The van der Waals surface area contributed by atoms with Crippen LogP contribution in [-0.4, -0.2) is 42.8 Å². The number of aromatic nitrogens is 1. The topological polar surface area (TPSA) is 54.8 Å². The molecule has 3 heterocycles. The fraction of sp³-hybridized carbons (Fsp3) is 0.421. The van der Waals surface area contributed by atoms with Crippen molar-refractivity contribution in [3.8, 4) is 0 Å². The number of Topliss-reactive ketones (excluding diaryl/α,β-unsaturated/α-hetero) is 1. The maximum absolute atomic E-state index is 12.4. The Morgan fingerprint density at radius 1 is 1.12 bits per heavy atom. The lowest BCUT2D eigenvalue weighted by atomic mass is 10.1. The number of rotatable bonds is 5. The quantitative estimate of drug-likeness (QED) is 0.772. The monoisotopic (exact) mass is 358 g/mol. The normalized spacial score (nSPS) is 14.6. The highest BCUT2D eigenvalue weighted by atomic mass is 32.1. The van der Waals surface area contributed by atoms with Gasteiger partial charge in [-0.2, -0.15) is 0 Å². The van der Waals surface area contributed by atoms with E-state index < -0.39 is 0 Å². The van der Waals surface area contributed by atoms with Gasteiger partial charge < -0.3 is 4.90 Å². The average Bonchev–Trinajstić information content (AvgIpc) is 2.98. The highest BCUT2D eigenvalue weighted by molar-refractivity contribution is 7.12. The molecular weight excluding hydrogens is 334 g/mol. The number of piperazine rings is 1. The molecule has 0 unspecified atom stereocenters. The number of H-pyrrole nitrogens is 1. The first kappa shape index (κ1) is 17.6. The molecule has 6 heteroatoms. The fourth-order valence-corrected chi connectivity index (χ4v) is 4.14. The van der Waals surface area contributed by atoms with Crippen molar-refractivity contribution < 1.29 is 14.6 Å². The van der Waals surface area contributed by atoms with Gasteiger partial charge in [0.25, 0.3) is 5.82 Å². The molecule has 1 fully saturated rings. The van der Waals surface area contributed by atoms with Crippen LogP contribution in [0.25, 0.3) is 0 Å². The molecule has 5 nitrogen and oxygen atoms in total. The van der Waals surface area contributed by atoms with E-state index >= 15 is 0 Å². The number of pyridine rings is 1. The number of anilines is 1. The molecule has 0 spiro atoms. The summed E-state index contributed by atoms with van der Waals surface area (Å²) in [6.45, 7) is 6.99. The molecule has 0 saturated carbocycles. The summed E-state index contributed by atoms with van der Waals surface area (Å²) in [4.78, 5) is 34.3. The lowest BCUT2D eigenvalue weighted by Crippen LogP contribution is -2.50. The lowest BCUT2D eigenvalue weighted by molar-refractivity contribution is -0.364. The van der Waals surface area contributed by atoms with Crippen LogP contribution in [0.4, 0.5) is 5.82 Å². The second-order valence-electron chi connectivity index (χ2n) is 6.37. The van der Waals surface area contributed by atoms with Gasteiger partial charge in [0.1, 0.15) is 13.1 Å². The van der Waals surface area contributed by atoms with E-state index in [0.717, 1.165) is 34.2 Å². The van der Waals surface area contributed by atoms with E-state index in [1.54, 1.807) is 11.3 Å². The third kappa shape index (κ3) is 4.25. The first-order valence-corrected chi connectivity index (χ1v) is 9.46. The Morgan fingerprint density at radius 3 is 2.48 bits per heavy atom. The van der Waals surface area contributed by atoms with Gasteiger partial charge in [0, 0.05) is 34.2 Å². The Kier molecular flexibility index (Phi) is 5.48. The van der Waals surface area contributed by atoms with Gasteiger partial charge in [-0.05, 0) is 26.0 Å². The van der Waals surface area contributed by atoms with E-state index in [0.29, 0.717) is 25.9 Å². The van der Waals surface area contributed by atoms with Crippen molar-refractivity contribution in [3.05, 3.63) is 45.8 Å². The van der Waals surface area contributed by atoms with E-state index in [-0.39, 0.29) is 11.7 Å². The highest BCUT2D eigenvalue weighted by Gasteiger charge is 2.26. The van der Waals surface area contributed by atoms with Gasteiger partial charge in [0.2, 0.25) is 5.91 Å². The zero-order valence-electron chi connectivity index (χ0n) is 14.7. The lowest BCUT2D eigenvalue weighted by Gasteiger charge is -2.31. The molecule has 3 rings (SSSR count). The average molecular weight is 358 g/mol. The third-order valence-electron chi connectivity index (χ3n) is 4.57. The largest absolute Gasteiger partial charge is 0.335 e. The molecule has 1 aliphatic rings.